The molecule has 3 heterocycles. The second kappa shape index (κ2) is 6.15. The maximum absolute atomic E-state index is 4.52. The number of hydrogen-bond acceptors (Lipinski definition) is 3. The van der Waals surface area contributed by atoms with Gasteiger partial charge in [-0.05, 0) is 30.9 Å². The molecule has 4 rings (SSSR count). The highest BCUT2D eigenvalue weighted by atomic mass is 15.2. The summed E-state index contributed by atoms with van der Waals surface area (Å²) in [6.45, 7) is 5.41. The summed E-state index contributed by atoms with van der Waals surface area (Å²) in [5.74, 6) is 2.52. The van der Waals surface area contributed by atoms with E-state index in [1.807, 2.05) is 30.2 Å². The van der Waals surface area contributed by atoms with Crippen molar-refractivity contribution in [2.75, 3.05) is 18.0 Å². The third-order valence-corrected chi connectivity index (χ3v) is 4.93. The fraction of sp³-hybridized carbons (Fsp3) is 0.368. The van der Waals surface area contributed by atoms with Gasteiger partial charge in [-0.3, -0.25) is 0 Å². The van der Waals surface area contributed by atoms with Crippen LogP contribution in [-0.4, -0.2) is 32.2 Å². The first-order valence-electron chi connectivity index (χ1n) is 8.52. The standard InChI is InChI=1S/C19H23N5/c1-15-5-3-4-6-17(15)23-10-7-16(13-23)14-24-12-9-21-19(24)18-20-8-11-22(18)2/h3-6,8-9,11-12,16H,7,10,13-14H2,1-2H3/t16-/m0/s1. The number of benzene rings is 1. The molecule has 0 N–H and O–H groups in total. The third-order valence-electron chi connectivity index (χ3n) is 4.93. The van der Waals surface area contributed by atoms with Crippen LogP contribution in [0.2, 0.25) is 0 Å². The largest absolute Gasteiger partial charge is 0.371 e. The monoisotopic (exact) mass is 321 g/mol. The highest BCUT2D eigenvalue weighted by Gasteiger charge is 2.25. The first-order valence-corrected chi connectivity index (χ1v) is 8.52. The molecule has 0 bridgehead atoms. The Morgan fingerprint density at radius 2 is 1.88 bits per heavy atom. The van der Waals surface area contributed by atoms with Gasteiger partial charge in [-0.15, -0.1) is 0 Å². The summed E-state index contributed by atoms with van der Waals surface area (Å²) in [6, 6.07) is 8.66. The molecule has 1 saturated heterocycles. The predicted octanol–water partition coefficient (Wildman–Crippen LogP) is 3.12. The summed E-state index contributed by atoms with van der Waals surface area (Å²) in [5, 5.41) is 0. The quantitative estimate of drug-likeness (QED) is 0.741. The first-order chi connectivity index (χ1) is 11.7. The molecule has 5 heteroatoms. The van der Waals surface area contributed by atoms with Crippen LogP contribution >= 0.6 is 0 Å². The molecule has 1 fully saturated rings. The van der Waals surface area contributed by atoms with Crippen LogP contribution in [0.4, 0.5) is 5.69 Å². The number of imidazole rings is 2. The second-order valence-corrected chi connectivity index (χ2v) is 6.65. The van der Waals surface area contributed by atoms with Crippen molar-refractivity contribution in [3.05, 3.63) is 54.6 Å². The van der Waals surface area contributed by atoms with Crippen molar-refractivity contribution < 1.29 is 0 Å². The topological polar surface area (TPSA) is 38.9 Å². The third kappa shape index (κ3) is 2.70. The zero-order valence-electron chi connectivity index (χ0n) is 14.3. The SMILES string of the molecule is Cc1ccccc1N1CC[C@H](Cn2ccnc2-c2nccn2C)C1. The smallest absolute Gasteiger partial charge is 0.176 e. The summed E-state index contributed by atoms with van der Waals surface area (Å²) >= 11 is 0. The van der Waals surface area contributed by atoms with Crippen LogP contribution in [0, 0.1) is 12.8 Å². The first kappa shape index (κ1) is 15.0. The van der Waals surface area contributed by atoms with Gasteiger partial charge in [0.05, 0.1) is 0 Å². The van der Waals surface area contributed by atoms with Crippen molar-refractivity contribution in [2.45, 2.75) is 19.9 Å². The highest BCUT2D eigenvalue weighted by Crippen LogP contribution is 2.28. The fourth-order valence-corrected chi connectivity index (χ4v) is 3.64. The van der Waals surface area contributed by atoms with E-state index in [1.165, 1.54) is 17.7 Å². The lowest BCUT2D eigenvalue weighted by Gasteiger charge is -2.21. The zero-order chi connectivity index (χ0) is 16.5. The molecule has 2 aromatic heterocycles. The van der Waals surface area contributed by atoms with E-state index in [2.05, 4.69) is 56.8 Å². The van der Waals surface area contributed by atoms with E-state index in [0.717, 1.165) is 31.3 Å². The summed E-state index contributed by atoms with van der Waals surface area (Å²) in [7, 11) is 2.01. The van der Waals surface area contributed by atoms with Gasteiger partial charge in [0, 0.05) is 57.2 Å². The van der Waals surface area contributed by atoms with Gasteiger partial charge in [0.25, 0.3) is 0 Å². The Morgan fingerprint density at radius 3 is 2.67 bits per heavy atom. The Morgan fingerprint density at radius 1 is 1.08 bits per heavy atom. The van der Waals surface area contributed by atoms with Gasteiger partial charge in [-0.25, -0.2) is 9.97 Å². The second-order valence-electron chi connectivity index (χ2n) is 6.65. The van der Waals surface area contributed by atoms with Gasteiger partial charge in [0.1, 0.15) is 0 Å². The lowest BCUT2D eigenvalue weighted by Crippen LogP contribution is -2.22. The van der Waals surface area contributed by atoms with Gasteiger partial charge in [0.2, 0.25) is 0 Å². The van der Waals surface area contributed by atoms with Gasteiger partial charge >= 0.3 is 0 Å². The van der Waals surface area contributed by atoms with Gasteiger partial charge < -0.3 is 14.0 Å². The molecule has 3 aromatic rings. The predicted molar refractivity (Wildman–Crippen MR) is 95.9 cm³/mol. The summed E-state index contributed by atoms with van der Waals surface area (Å²) in [6.07, 6.45) is 8.94. The van der Waals surface area contributed by atoms with E-state index in [-0.39, 0.29) is 0 Å². The summed E-state index contributed by atoms with van der Waals surface area (Å²) < 4.78 is 4.27. The fourth-order valence-electron chi connectivity index (χ4n) is 3.64. The lowest BCUT2D eigenvalue weighted by atomic mass is 10.1. The average molecular weight is 321 g/mol. The number of nitrogens with zero attached hydrogens (tertiary/aromatic N) is 5. The van der Waals surface area contributed by atoms with E-state index >= 15 is 0 Å². The van der Waals surface area contributed by atoms with Gasteiger partial charge in [0.15, 0.2) is 11.6 Å². The number of anilines is 1. The Balaban J connectivity index is 1.49. The van der Waals surface area contributed by atoms with E-state index in [4.69, 9.17) is 0 Å². The molecule has 0 saturated carbocycles. The number of hydrogen-bond donors (Lipinski definition) is 0. The molecule has 0 spiro atoms. The Labute approximate surface area is 142 Å². The summed E-state index contributed by atoms with van der Waals surface area (Å²) in [4.78, 5) is 11.5. The molecule has 1 aliphatic rings. The Hall–Kier alpha value is -2.56. The van der Waals surface area contributed by atoms with Crippen LogP contribution in [0.5, 0.6) is 0 Å². The normalized spacial score (nSPS) is 17.6. The molecule has 1 atom stereocenters. The number of rotatable bonds is 4. The molecular formula is C19H23N5. The van der Waals surface area contributed by atoms with Crippen molar-refractivity contribution in [3.8, 4) is 11.6 Å². The molecule has 1 aliphatic heterocycles. The van der Waals surface area contributed by atoms with Gasteiger partial charge in [-0.2, -0.15) is 0 Å². The molecule has 124 valence electrons. The number of aromatic nitrogens is 4. The van der Waals surface area contributed by atoms with Crippen LogP contribution in [0.3, 0.4) is 0 Å². The molecule has 5 nitrogen and oxygen atoms in total. The molecule has 24 heavy (non-hydrogen) atoms. The zero-order valence-corrected chi connectivity index (χ0v) is 14.3. The lowest BCUT2D eigenvalue weighted by molar-refractivity contribution is 0.487. The molecule has 1 aromatic carbocycles. The molecular weight excluding hydrogens is 298 g/mol. The maximum Gasteiger partial charge on any atom is 0.176 e. The van der Waals surface area contributed by atoms with Crippen molar-refractivity contribution >= 4 is 5.69 Å². The highest BCUT2D eigenvalue weighted by molar-refractivity contribution is 5.53. The minimum Gasteiger partial charge on any atom is -0.371 e. The van der Waals surface area contributed by atoms with E-state index in [0.29, 0.717) is 5.92 Å². The van der Waals surface area contributed by atoms with Crippen LogP contribution in [0.25, 0.3) is 11.6 Å². The Bertz CT molecular complexity index is 832. The minimum absolute atomic E-state index is 0.637. The maximum atomic E-state index is 4.52. The van der Waals surface area contributed by atoms with Crippen LogP contribution in [0.1, 0.15) is 12.0 Å². The van der Waals surface area contributed by atoms with Crippen LogP contribution < -0.4 is 4.90 Å². The van der Waals surface area contributed by atoms with E-state index in [1.54, 1.807) is 0 Å². The van der Waals surface area contributed by atoms with Crippen LogP contribution in [0.15, 0.2) is 49.1 Å². The van der Waals surface area contributed by atoms with Crippen molar-refractivity contribution in [1.29, 1.82) is 0 Å². The number of para-hydroxylation sites is 1. The van der Waals surface area contributed by atoms with Crippen molar-refractivity contribution in [3.63, 3.8) is 0 Å². The number of aryl methyl sites for hydroxylation is 2. The Kier molecular flexibility index (Phi) is 3.84. The molecule has 0 aliphatic carbocycles. The molecule has 0 amide bonds. The van der Waals surface area contributed by atoms with E-state index < -0.39 is 0 Å². The van der Waals surface area contributed by atoms with Crippen LogP contribution in [-0.2, 0) is 13.6 Å². The molecule has 0 unspecified atom stereocenters. The minimum atomic E-state index is 0.637. The molecule has 0 radical (unpaired) electrons. The van der Waals surface area contributed by atoms with E-state index in [9.17, 15) is 0 Å². The average Bonchev–Trinajstić information content (AvgIpc) is 3.30. The van der Waals surface area contributed by atoms with Crippen molar-refractivity contribution in [1.82, 2.24) is 19.1 Å². The van der Waals surface area contributed by atoms with Gasteiger partial charge in [-0.1, -0.05) is 18.2 Å². The van der Waals surface area contributed by atoms with Crippen molar-refractivity contribution in [2.24, 2.45) is 13.0 Å². The summed E-state index contributed by atoms with van der Waals surface area (Å²) in [5.41, 5.74) is 2.73.